The third-order valence-corrected chi connectivity index (χ3v) is 17.5. The summed E-state index contributed by atoms with van der Waals surface area (Å²) in [6, 6.07) is 84.5. The number of hydrogen-bond donors (Lipinski definition) is 1. The van der Waals surface area contributed by atoms with Crippen molar-refractivity contribution in [2.75, 3.05) is 32.5 Å². The Labute approximate surface area is 376 Å². The van der Waals surface area contributed by atoms with Crippen molar-refractivity contribution in [3.05, 3.63) is 287 Å². The molecule has 1 spiro atoms. The minimum absolute atomic E-state index is 0.287. The Morgan fingerprint density at radius 3 is 0.672 bits per heavy atom. The molecule has 3 aliphatic rings. The standard InChI is InChI=1S/C57H50NO5Si/c1-9-25-46(26-10-1)54(47-27-11-2-12-28-47)55(48-29-13-3-14-30-48,49-31-15-4-16-32-49)61-64(60-54,45-58-41-43-59-44-42-58)62-56(50-33-17-5-18-34-50,51-35-19-6-20-36-51)57(63-64,52-37-21-7-22-38-52)53-39-23-8-24-40-53/h1-40H,41-45H2/q-1/p+1. The van der Waals surface area contributed by atoms with Crippen LogP contribution in [0.25, 0.3) is 0 Å². The van der Waals surface area contributed by atoms with Crippen LogP contribution >= 0.6 is 0 Å². The Morgan fingerprint density at radius 2 is 0.484 bits per heavy atom. The van der Waals surface area contributed by atoms with Gasteiger partial charge in [0.15, 0.2) is 0 Å². The Morgan fingerprint density at radius 1 is 0.297 bits per heavy atom. The number of quaternary nitrogens is 1. The van der Waals surface area contributed by atoms with Gasteiger partial charge >= 0.3 is 378 Å². The average Bonchev–Trinajstić information content (AvgIpc) is 3.82. The number of hydrogen-bond acceptors (Lipinski definition) is 5. The second-order valence-corrected chi connectivity index (χ2v) is 20.5. The molecule has 0 radical (unpaired) electrons. The molecule has 0 atom stereocenters. The third-order valence-electron chi connectivity index (χ3n) is 13.6. The van der Waals surface area contributed by atoms with Crippen LogP contribution in [0.1, 0.15) is 44.5 Å². The normalized spacial score (nSPS) is 20.8. The fourth-order valence-electron chi connectivity index (χ4n) is 11.1. The molecule has 3 fully saturated rings. The molecular weight excluding hydrogens is 807 g/mol. The van der Waals surface area contributed by atoms with Crippen LogP contribution in [-0.2, 0) is 44.8 Å². The molecule has 0 aromatic heterocycles. The molecule has 0 saturated carbocycles. The Kier molecular flexibility index (Phi) is 10.2. The van der Waals surface area contributed by atoms with Crippen LogP contribution in [0.15, 0.2) is 243 Å². The maximum absolute atomic E-state index is 8.71. The molecule has 0 bridgehead atoms. The summed E-state index contributed by atoms with van der Waals surface area (Å²) >= 11 is 0. The summed E-state index contributed by atoms with van der Waals surface area (Å²) in [5.41, 5.74) is 1.72. The van der Waals surface area contributed by atoms with Crippen LogP contribution in [0.2, 0.25) is 0 Å². The quantitative estimate of drug-likeness (QED) is 0.139. The zero-order valence-electron chi connectivity index (χ0n) is 35.7. The fraction of sp³-hybridized carbons (Fsp3) is 0.158. The van der Waals surface area contributed by atoms with E-state index >= 15 is 0 Å². The summed E-state index contributed by atoms with van der Waals surface area (Å²) < 4.78 is 40.9. The molecule has 8 aromatic rings. The van der Waals surface area contributed by atoms with E-state index in [4.69, 9.17) is 22.4 Å². The molecule has 3 aliphatic heterocycles. The minimum atomic E-state index is -5.69. The molecular formula is C57H51NO5Si. The van der Waals surface area contributed by atoms with Crippen molar-refractivity contribution in [3.8, 4) is 0 Å². The summed E-state index contributed by atoms with van der Waals surface area (Å²) in [6.45, 7) is 2.59. The molecule has 0 aliphatic carbocycles. The molecule has 3 heterocycles. The van der Waals surface area contributed by atoms with Crippen LogP contribution in [0.3, 0.4) is 0 Å². The van der Waals surface area contributed by atoms with Crippen molar-refractivity contribution in [2.24, 2.45) is 0 Å². The average molecular weight is 858 g/mol. The van der Waals surface area contributed by atoms with E-state index in [0.29, 0.717) is 26.3 Å². The number of rotatable bonds is 10. The Bertz CT molecular complexity index is 2260. The predicted octanol–water partition coefficient (Wildman–Crippen LogP) is 9.70. The van der Waals surface area contributed by atoms with E-state index in [1.165, 1.54) is 4.90 Å². The third kappa shape index (κ3) is 6.08. The topological polar surface area (TPSA) is 50.6 Å². The molecule has 0 amide bonds. The number of morpholine rings is 1. The van der Waals surface area contributed by atoms with Gasteiger partial charge in [0.25, 0.3) is 0 Å². The first-order valence-corrected chi connectivity index (χ1v) is 24.8. The Hall–Kier alpha value is -6.26. The molecule has 11 rings (SSSR count). The molecule has 3 saturated heterocycles. The number of benzene rings is 8. The van der Waals surface area contributed by atoms with Gasteiger partial charge in [0.1, 0.15) is 0 Å². The summed E-state index contributed by atoms with van der Waals surface area (Å²) in [7, 11) is -5.69. The Balaban J connectivity index is 1.36. The van der Waals surface area contributed by atoms with Crippen LogP contribution in [0.5, 0.6) is 0 Å². The van der Waals surface area contributed by atoms with Crippen molar-refractivity contribution in [1.29, 1.82) is 0 Å². The van der Waals surface area contributed by atoms with Crippen molar-refractivity contribution in [3.63, 3.8) is 0 Å². The maximum atomic E-state index is 8.71. The first-order valence-electron chi connectivity index (χ1n) is 22.4. The van der Waals surface area contributed by atoms with Gasteiger partial charge in [0.05, 0.1) is 0 Å². The van der Waals surface area contributed by atoms with E-state index in [1.807, 2.05) is 0 Å². The van der Waals surface area contributed by atoms with Crippen LogP contribution in [-0.4, -0.2) is 40.8 Å². The summed E-state index contributed by atoms with van der Waals surface area (Å²) in [4.78, 5) is 1.22. The molecule has 6 nitrogen and oxygen atoms in total. The van der Waals surface area contributed by atoms with E-state index in [9.17, 15) is 0 Å². The first kappa shape index (κ1) is 40.5. The molecule has 8 aromatic carbocycles. The number of ether oxygens (including phenoxy) is 1. The molecule has 0 unspecified atom stereocenters. The van der Waals surface area contributed by atoms with Gasteiger partial charge in [-0.2, -0.15) is 0 Å². The van der Waals surface area contributed by atoms with E-state index in [-0.39, 0.29) is 6.17 Å². The predicted molar refractivity (Wildman–Crippen MR) is 251 cm³/mol. The second-order valence-electron chi connectivity index (χ2n) is 17.2. The summed E-state index contributed by atoms with van der Waals surface area (Å²) in [5, 5.41) is 0. The SMILES string of the molecule is c1ccc(C2(c3ccccc3)O[Si-]3(C[NH+]4CCOCC4)(OC2(c2ccccc2)c2ccccc2)OC(c2ccccc2)(c2ccccc2)C(c2ccccc2)(c2ccccc2)O3)cc1. The molecule has 64 heavy (non-hydrogen) atoms. The van der Waals surface area contributed by atoms with Gasteiger partial charge in [-0.15, -0.1) is 0 Å². The van der Waals surface area contributed by atoms with Crippen molar-refractivity contribution in [2.45, 2.75) is 22.4 Å². The first-order chi connectivity index (χ1) is 31.6. The van der Waals surface area contributed by atoms with Gasteiger partial charge in [-0.05, 0) is 0 Å². The summed E-state index contributed by atoms with van der Waals surface area (Å²) in [5.74, 6) is 0. The van der Waals surface area contributed by atoms with Gasteiger partial charge in [-0.1, -0.05) is 0 Å². The van der Waals surface area contributed by atoms with Gasteiger partial charge in [0, 0.05) is 0 Å². The van der Waals surface area contributed by atoms with E-state index in [2.05, 4.69) is 243 Å². The monoisotopic (exact) mass is 857 g/mol. The van der Waals surface area contributed by atoms with Gasteiger partial charge in [-0.25, -0.2) is 0 Å². The van der Waals surface area contributed by atoms with E-state index in [1.54, 1.807) is 0 Å². The second kappa shape index (κ2) is 16.1. The van der Waals surface area contributed by atoms with Crippen LogP contribution < -0.4 is 4.90 Å². The van der Waals surface area contributed by atoms with Crippen LogP contribution in [0, 0.1) is 0 Å². The zero-order chi connectivity index (χ0) is 43.0. The van der Waals surface area contributed by atoms with Gasteiger partial charge in [0.2, 0.25) is 0 Å². The van der Waals surface area contributed by atoms with Crippen LogP contribution in [0.4, 0.5) is 0 Å². The van der Waals surface area contributed by atoms with E-state index in [0.717, 1.165) is 44.5 Å². The molecule has 1 N–H and O–H groups in total. The molecule has 7 heteroatoms. The number of nitrogens with one attached hydrogen (secondary N) is 1. The zero-order valence-corrected chi connectivity index (χ0v) is 36.7. The van der Waals surface area contributed by atoms with Crippen molar-refractivity contribution in [1.82, 2.24) is 0 Å². The van der Waals surface area contributed by atoms with Gasteiger partial charge in [-0.3, -0.25) is 0 Å². The molecule has 318 valence electrons. The van der Waals surface area contributed by atoms with Gasteiger partial charge < -0.3 is 0 Å². The van der Waals surface area contributed by atoms with Crippen molar-refractivity contribution < 1.29 is 27.3 Å². The fourth-order valence-corrected chi connectivity index (χ4v) is 16.7. The van der Waals surface area contributed by atoms with E-state index < -0.39 is 30.7 Å². The van der Waals surface area contributed by atoms with Crippen molar-refractivity contribution >= 4 is 8.33 Å². The summed E-state index contributed by atoms with van der Waals surface area (Å²) in [6.07, 6.45) is 0.287.